The second-order valence-corrected chi connectivity index (χ2v) is 6.23. The van der Waals surface area contributed by atoms with Gasteiger partial charge in [0.1, 0.15) is 5.82 Å². The highest BCUT2D eigenvalue weighted by atomic mass is 35.5. The molecule has 0 unspecified atom stereocenters. The third-order valence-corrected chi connectivity index (χ3v) is 3.00. The van der Waals surface area contributed by atoms with Crippen LogP contribution in [0.1, 0.15) is 37.2 Å². The molecular formula is C13H13Cl2N3O2. The normalized spacial score (nSPS) is 11.7. The zero-order chi connectivity index (χ0) is 15.1. The standard InChI is InChI=1S/C13H13Cl2N3O2/c1-13(2,3)12-16-10(11(19)20)17-18(12)9-5-7(14)4-8(15)6-9/h4-6H,1-3H3,(H,19,20). The highest BCUT2D eigenvalue weighted by Gasteiger charge is 2.26. The Balaban J connectivity index is 2.68. The lowest BCUT2D eigenvalue weighted by molar-refractivity contribution is 0.0683. The smallest absolute Gasteiger partial charge is 0.375 e. The number of nitrogens with zero attached hydrogens (tertiary/aromatic N) is 3. The number of hydrogen-bond acceptors (Lipinski definition) is 3. The number of carbonyl (C=O) groups is 1. The fourth-order valence-electron chi connectivity index (χ4n) is 1.73. The Morgan fingerprint density at radius 2 is 1.75 bits per heavy atom. The lowest BCUT2D eigenvalue weighted by atomic mass is 9.95. The van der Waals surface area contributed by atoms with Gasteiger partial charge in [0.2, 0.25) is 0 Å². The van der Waals surface area contributed by atoms with E-state index in [1.165, 1.54) is 4.68 Å². The van der Waals surface area contributed by atoms with Crippen molar-refractivity contribution in [2.45, 2.75) is 26.2 Å². The van der Waals surface area contributed by atoms with Gasteiger partial charge in [-0.05, 0) is 18.2 Å². The van der Waals surface area contributed by atoms with Gasteiger partial charge >= 0.3 is 5.97 Å². The van der Waals surface area contributed by atoms with Crippen LogP contribution in [0.4, 0.5) is 0 Å². The Bertz CT molecular complexity index is 654. The summed E-state index contributed by atoms with van der Waals surface area (Å²) >= 11 is 11.9. The molecule has 0 bridgehead atoms. The number of halogens is 2. The van der Waals surface area contributed by atoms with Crippen molar-refractivity contribution in [1.29, 1.82) is 0 Å². The predicted molar refractivity (Wildman–Crippen MR) is 77.0 cm³/mol. The fourth-order valence-corrected chi connectivity index (χ4v) is 2.24. The van der Waals surface area contributed by atoms with Gasteiger partial charge in [-0.2, -0.15) is 0 Å². The van der Waals surface area contributed by atoms with E-state index in [0.29, 0.717) is 21.6 Å². The van der Waals surface area contributed by atoms with Gasteiger partial charge in [-0.25, -0.2) is 14.5 Å². The molecular weight excluding hydrogens is 301 g/mol. The Morgan fingerprint density at radius 1 is 1.20 bits per heavy atom. The molecule has 5 nitrogen and oxygen atoms in total. The summed E-state index contributed by atoms with van der Waals surface area (Å²) in [6, 6.07) is 4.91. The summed E-state index contributed by atoms with van der Waals surface area (Å²) in [4.78, 5) is 15.2. The van der Waals surface area contributed by atoms with Crippen molar-refractivity contribution in [2.24, 2.45) is 0 Å². The molecule has 106 valence electrons. The number of hydrogen-bond donors (Lipinski definition) is 1. The molecule has 0 aliphatic carbocycles. The van der Waals surface area contributed by atoms with Crippen molar-refractivity contribution < 1.29 is 9.90 Å². The van der Waals surface area contributed by atoms with Gasteiger partial charge in [0.25, 0.3) is 5.82 Å². The molecule has 2 rings (SSSR count). The minimum absolute atomic E-state index is 0.258. The minimum atomic E-state index is -1.18. The molecule has 0 atom stereocenters. The topological polar surface area (TPSA) is 68.0 Å². The van der Waals surface area contributed by atoms with Gasteiger partial charge in [-0.15, -0.1) is 5.10 Å². The van der Waals surface area contributed by atoms with Crippen LogP contribution in [0, 0.1) is 0 Å². The molecule has 1 aromatic carbocycles. The van der Waals surface area contributed by atoms with E-state index in [1.807, 2.05) is 20.8 Å². The predicted octanol–water partition coefficient (Wildman–Crippen LogP) is 3.57. The highest BCUT2D eigenvalue weighted by molar-refractivity contribution is 6.34. The van der Waals surface area contributed by atoms with E-state index in [4.69, 9.17) is 28.3 Å². The van der Waals surface area contributed by atoms with Crippen LogP contribution >= 0.6 is 23.2 Å². The van der Waals surface area contributed by atoms with Crippen molar-refractivity contribution >= 4 is 29.2 Å². The number of benzene rings is 1. The molecule has 0 saturated heterocycles. The number of aromatic carboxylic acids is 1. The van der Waals surface area contributed by atoms with Gasteiger partial charge < -0.3 is 5.11 Å². The van der Waals surface area contributed by atoms with Crippen LogP contribution in [0.2, 0.25) is 10.0 Å². The van der Waals surface area contributed by atoms with E-state index in [-0.39, 0.29) is 11.2 Å². The molecule has 7 heteroatoms. The molecule has 0 aliphatic heterocycles. The Labute approximate surface area is 126 Å². The maximum absolute atomic E-state index is 11.1. The van der Waals surface area contributed by atoms with Crippen molar-refractivity contribution in [3.8, 4) is 5.69 Å². The van der Waals surface area contributed by atoms with Crippen LogP contribution in [0.15, 0.2) is 18.2 Å². The van der Waals surface area contributed by atoms with E-state index in [2.05, 4.69) is 10.1 Å². The number of carboxylic acid groups (broad SMARTS) is 1. The molecule has 0 aliphatic rings. The quantitative estimate of drug-likeness (QED) is 0.920. The maximum Gasteiger partial charge on any atom is 0.375 e. The Morgan fingerprint density at radius 3 is 2.20 bits per heavy atom. The first kappa shape index (κ1) is 14.8. The second-order valence-electron chi connectivity index (χ2n) is 5.35. The molecule has 0 amide bonds. The molecule has 1 heterocycles. The summed E-state index contributed by atoms with van der Waals surface area (Å²) in [6.45, 7) is 5.77. The molecule has 0 spiro atoms. The van der Waals surface area contributed by atoms with Gasteiger partial charge in [-0.1, -0.05) is 44.0 Å². The third kappa shape index (κ3) is 2.94. The van der Waals surface area contributed by atoms with Gasteiger partial charge in [-0.3, -0.25) is 0 Å². The van der Waals surface area contributed by atoms with Crippen molar-refractivity contribution in [3.63, 3.8) is 0 Å². The lowest BCUT2D eigenvalue weighted by Gasteiger charge is -2.18. The van der Waals surface area contributed by atoms with Crippen LogP contribution in [0.5, 0.6) is 0 Å². The molecule has 2 aromatic rings. The molecule has 20 heavy (non-hydrogen) atoms. The summed E-state index contributed by atoms with van der Waals surface area (Å²) in [7, 11) is 0. The molecule has 0 saturated carbocycles. The second kappa shape index (κ2) is 5.07. The maximum atomic E-state index is 11.1. The minimum Gasteiger partial charge on any atom is -0.475 e. The molecule has 1 N–H and O–H groups in total. The number of rotatable bonds is 2. The van der Waals surface area contributed by atoms with E-state index < -0.39 is 5.97 Å². The van der Waals surface area contributed by atoms with Gasteiger partial charge in [0.05, 0.1) is 5.69 Å². The zero-order valence-corrected chi connectivity index (χ0v) is 12.7. The largest absolute Gasteiger partial charge is 0.475 e. The van der Waals surface area contributed by atoms with Crippen molar-refractivity contribution in [3.05, 3.63) is 39.9 Å². The SMILES string of the molecule is CC(C)(C)c1nc(C(=O)O)nn1-c1cc(Cl)cc(Cl)c1. The monoisotopic (exact) mass is 313 g/mol. The lowest BCUT2D eigenvalue weighted by Crippen LogP contribution is -2.18. The summed E-state index contributed by atoms with van der Waals surface area (Å²) in [5, 5.41) is 14.0. The highest BCUT2D eigenvalue weighted by Crippen LogP contribution is 2.27. The van der Waals surface area contributed by atoms with Crippen molar-refractivity contribution in [1.82, 2.24) is 14.8 Å². The van der Waals surface area contributed by atoms with E-state index in [1.54, 1.807) is 18.2 Å². The molecule has 1 aromatic heterocycles. The average molecular weight is 314 g/mol. The number of carboxylic acids is 1. The van der Waals surface area contributed by atoms with E-state index in [9.17, 15) is 4.79 Å². The Hall–Kier alpha value is -1.59. The van der Waals surface area contributed by atoms with Gasteiger partial charge in [0.15, 0.2) is 0 Å². The fraction of sp³-hybridized carbons (Fsp3) is 0.308. The summed E-state index contributed by atoms with van der Waals surface area (Å²) in [6.07, 6.45) is 0. The van der Waals surface area contributed by atoms with E-state index in [0.717, 1.165) is 0 Å². The Kier molecular flexibility index (Phi) is 3.75. The first-order chi connectivity index (χ1) is 9.18. The van der Waals surface area contributed by atoms with Crippen LogP contribution in [0.25, 0.3) is 5.69 Å². The molecule has 0 fully saturated rings. The van der Waals surface area contributed by atoms with Crippen molar-refractivity contribution in [2.75, 3.05) is 0 Å². The summed E-state index contributed by atoms with van der Waals surface area (Å²) < 4.78 is 1.46. The van der Waals surface area contributed by atoms with Crippen LogP contribution in [-0.2, 0) is 5.41 Å². The van der Waals surface area contributed by atoms with Crippen LogP contribution in [0.3, 0.4) is 0 Å². The average Bonchev–Trinajstić information content (AvgIpc) is 2.71. The third-order valence-electron chi connectivity index (χ3n) is 2.56. The van der Waals surface area contributed by atoms with E-state index >= 15 is 0 Å². The first-order valence-corrected chi connectivity index (χ1v) is 6.61. The first-order valence-electron chi connectivity index (χ1n) is 5.86. The zero-order valence-electron chi connectivity index (χ0n) is 11.2. The van der Waals surface area contributed by atoms with Crippen LogP contribution in [-0.4, -0.2) is 25.8 Å². The van der Waals surface area contributed by atoms with Crippen LogP contribution < -0.4 is 0 Å². The van der Waals surface area contributed by atoms with Gasteiger partial charge in [0, 0.05) is 15.5 Å². The molecule has 0 radical (unpaired) electrons. The number of aromatic nitrogens is 3. The summed E-state index contributed by atoms with van der Waals surface area (Å²) in [5.41, 5.74) is 0.197. The summed E-state index contributed by atoms with van der Waals surface area (Å²) in [5.74, 6) is -0.915.